The Morgan fingerprint density at radius 2 is 2.25 bits per heavy atom. The molecular formula is C12H16N2O6. The lowest BCUT2D eigenvalue weighted by molar-refractivity contribution is -0.145. The van der Waals surface area contributed by atoms with Crippen molar-refractivity contribution in [2.75, 3.05) is 6.61 Å². The van der Waals surface area contributed by atoms with E-state index in [1.807, 2.05) is 0 Å². The van der Waals surface area contributed by atoms with Crippen molar-refractivity contribution < 1.29 is 19.4 Å². The summed E-state index contributed by atoms with van der Waals surface area (Å²) in [6.07, 6.45) is 1.72. The maximum Gasteiger partial charge on any atom is 0.335 e. The molecule has 0 spiro atoms. The van der Waals surface area contributed by atoms with Gasteiger partial charge in [0.05, 0.1) is 12.7 Å². The van der Waals surface area contributed by atoms with Crippen LogP contribution < -0.4 is 11.2 Å². The van der Waals surface area contributed by atoms with Crippen LogP contribution in [0.5, 0.6) is 0 Å². The van der Waals surface area contributed by atoms with E-state index in [9.17, 15) is 14.4 Å². The smallest absolute Gasteiger partial charge is 0.335 e. The van der Waals surface area contributed by atoms with E-state index in [1.165, 1.54) is 23.8 Å². The Hall–Kier alpha value is -1.93. The van der Waals surface area contributed by atoms with Crippen LogP contribution in [0.25, 0.3) is 0 Å². The van der Waals surface area contributed by atoms with Crippen LogP contribution in [0.2, 0.25) is 0 Å². The van der Waals surface area contributed by atoms with Gasteiger partial charge in [-0.25, -0.2) is 9.36 Å². The molecule has 0 aliphatic carbocycles. The first-order valence-electron chi connectivity index (χ1n) is 6.24. The lowest BCUT2D eigenvalue weighted by Crippen LogP contribution is -2.41. The number of aliphatic hydroxyl groups is 1. The van der Waals surface area contributed by atoms with E-state index in [0.29, 0.717) is 12.8 Å². The zero-order chi connectivity index (χ0) is 14.7. The topological polar surface area (TPSA) is 99.8 Å². The van der Waals surface area contributed by atoms with Crippen LogP contribution in [0.4, 0.5) is 0 Å². The lowest BCUT2D eigenvalue weighted by Gasteiger charge is -2.16. The van der Waals surface area contributed by atoms with Crippen LogP contribution in [0.3, 0.4) is 0 Å². The van der Waals surface area contributed by atoms with Gasteiger partial charge < -0.3 is 14.6 Å². The Morgan fingerprint density at radius 1 is 1.50 bits per heavy atom. The highest BCUT2D eigenvalue weighted by molar-refractivity contribution is 5.65. The summed E-state index contributed by atoms with van der Waals surface area (Å²) in [4.78, 5) is 34.6. The number of esters is 1. The molecule has 0 unspecified atom stereocenters. The van der Waals surface area contributed by atoms with Gasteiger partial charge in [0.25, 0.3) is 5.56 Å². The standard InChI is InChI=1S/C12H16N2O6/c1-8(16)19-7-14-10(17)4-5-13(12(14)18)11-3-2-9(6-15)20-11/h4-5,9,11,15H,2-3,6-7H2,1H3/t9-,11+/m0/s1. The van der Waals surface area contributed by atoms with Gasteiger partial charge in [-0.3, -0.25) is 14.2 Å². The molecule has 1 saturated heterocycles. The summed E-state index contributed by atoms with van der Waals surface area (Å²) in [6.45, 7) is 0.654. The third-order valence-electron chi connectivity index (χ3n) is 3.09. The number of aromatic nitrogens is 2. The Balaban J connectivity index is 2.27. The maximum absolute atomic E-state index is 12.2. The summed E-state index contributed by atoms with van der Waals surface area (Å²) in [5, 5.41) is 9.02. The Labute approximate surface area is 114 Å². The molecule has 8 heteroatoms. The minimum Gasteiger partial charge on any atom is -0.444 e. The molecule has 2 heterocycles. The fourth-order valence-corrected chi connectivity index (χ4v) is 2.05. The molecule has 1 aliphatic heterocycles. The first-order chi connectivity index (χ1) is 9.52. The fourth-order valence-electron chi connectivity index (χ4n) is 2.05. The van der Waals surface area contributed by atoms with E-state index in [0.717, 1.165) is 4.57 Å². The molecule has 1 N–H and O–H groups in total. The number of carbonyl (C=O) groups excluding carboxylic acids is 1. The van der Waals surface area contributed by atoms with Crippen LogP contribution in [0.1, 0.15) is 26.0 Å². The number of carbonyl (C=O) groups is 1. The summed E-state index contributed by atoms with van der Waals surface area (Å²) in [5.41, 5.74) is -1.16. The second-order valence-corrected chi connectivity index (χ2v) is 4.51. The van der Waals surface area contributed by atoms with Crippen molar-refractivity contribution in [3.8, 4) is 0 Å². The molecule has 0 saturated carbocycles. The van der Waals surface area contributed by atoms with Gasteiger partial charge in [-0.1, -0.05) is 0 Å². The Morgan fingerprint density at radius 3 is 2.85 bits per heavy atom. The average Bonchev–Trinajstić information content (AvgIpc) is 2.87. The van der Waals surface area contributed by atoms with Crippen LogP contribution in [-0.4, -0.2) is 32.9 Å². The zero-order valence-electron chi connectivity index (χ0n) is 11.0. The molecule has 8 nitrogen and oxygen atoms in total. The van der Waals surface area contributed by atoms with E-state index in [2.05, 4.69) is 4.74 Å². The molecule has 110 valence electrons. The summed E-state index contributed by atoms with van der Waals surface area (Å²) in [6, 6.07) is 1.21. The zero-order valence-corrected chi connectivity index (χ0v) is 11.0. The molecule has 0 amide bonds. The third kappa shape index (κ3) is 2.97. The molecule has 20 heavy (non-hydrogen) atoms. The average molecular weight is 284 g/mol. The molecule has 2 atom stereocenters. The van der Waals surface area contributed by atoms with E-state index in [-0.39, 0.29) is 12.7 Å². The molecule has 1 aliphatic rings. The number of aliphatic hydroxyl groups excluding tert-OH is 1. The molecule has 0 bridgehead atoms. The third-order valence-corrected chi connectivity index (χ3v) is 3.09. The van der Waals surface area contributed by atoms with Crippen LogP contribution in [0, 0.1) is 0 Å². The van der Waals surface area contributed by atoms with Crippen molar-refractivity contribution in [3.05, 3.63) is 33.1 Å². The predicted molar refractivity (Wildman–Crippen MR) is 67.0 cm³/mol. The molecule has 1 fully saturated rings. The van der Waals surface area contributed by atoms with E-state index >= 15 is 0 Å². The fraction of sp³-hybridized carbons (Fsp3) is 0.583. The van der Waals surface area contributed by atoms with Gasteiger partial charge in [0.2, 0.25) is 0 Å². The van der Waals surface area contributed by atoms with Crippen molar-refractivity contribution in [2.24, 2.45) is 0 Å². The van der Waals surface area contributed by atoms with E-state index in [4.69, 9.17) is 9.84 Å². The number of nitrogens with zero attached hydrogens (tertiary/aromatic N) is 2. The van der Waals surface area contributed by atoms with Crippen LogP contribution in [-0.2, 0) is 21.0 Å². The van der Waals surface area contributed by atoms with Gasteiger partial charge in [-0.15, -0.1) is 0 Å². The molecule has 1 aromatic heterocycles. The summed E-state index contributed by atoms with van der Waals surface area (Å²) in [5.74, 6) is -0.579. The number of ether oxygens (including phenoxy) is 2. The quantitative estimate of drug-likeness (QED) is 0.727. The van der Waals surface area contributed by atoms with E-state index < -0.39 is 30.2 Å². The highest BCUT2D eigenvalue weighted by atomic mass is 16.5. The number of hydrogen-bond acceptors (Lipinski definition) is 6. The highest BCUT2D eigenvalue weighted by Gasteiger charge is 2.27. The lowest BCUT2D eigenvalue weighted by atomic mass is 10.2. The Kier molecular flexibility index (Phi) is 4.35. The predicted octanol–water partition coefficient (Wildman–Crippen LogP) is -0.799. The van der Waals surface area contributed by atoms with Gasteiger partial charge in [0, 0.05) is 19.2 Å². The number of hydrogen-bond donors (Lipinski definition) is 1. The SMILES string of the molecule is CC(=O)OCn1c(=O)ccn([C@H]2CC[C@@H](CO)O2)c1=O. The second-order valence-electron chi connectivity index (χ2n) is 4.51. The summed E-state index contributed by atoms with van der Waals surface area (Å²) < 4.78 is 12.2. The monoisotopic (exact) mass is 284 g/mol. The number of rotatable bonds is 4. The maximum atomic E-state index is 12.2. The first-order valence-corrected chi connectivity index (χ1v) is 6.24. The van der Waals surface area contributed by atoms with Gasteiger partial charge in [0.15, 0.2) is 6.73 Å². The van der Waals surface area contributed by atoms with Gasteiger partial charge in [-0.2, -0.15) is 0 Å². The van der Waals surface area contributed by atoms with Crippen molar-refractivity contribution in [3.63, 3.8) is 0 Å². The molecule has 0 radical (unpaired) electrons. The van der Waals surface area contributed by atoms with Crippen molar-refractivity contribution in [1.82, 2.24) is 9.13 Å². The summed E-state index contributed by atoms with van der Waals surface area (Å²) >= 11 is 0. The van der Waals surface area contributed by atoms with Gasteiger partial charge in [-0.05, 0) is 12.8 Å². The second kappa shape index (κ2) is 6.02. The van der Waals surface area contributed by atoms with Crippen LogP contribution in [0.15, 0.2) is 21.9 Å². The van der Waals surface area contributed by atoms with Gasteiger partial charge >= 0.3 is 11.7 Å². The largest absolute Gasteiger partial charge is 0.444 e. The van der Waals surface area contributed by atoms with Crippen LogP contribution >= 0.6 is 0 Å². The Bertz CT molecular complexity index is 605. The first kappa shape index (κ1) is 14.5. The molecule has 1 aromatic rings. The molecule has 2 rings (SSSR count). The minimum absolute atomic E-state index is 0.113. The van der Waals surface area contributed by atoms with Gasteiger partial charge in [0.1, 0.15) is 6.23 Å². The van der Waals surface area contributed by atoms with E-state index in [1.54, 1.807) is 0 Å². The van der Waals surface area contributed by atoms with Crippen molar-refractivity contribution in [1.29, 1.82) is 0 Å². The summed E-state index contributed by atoms with van der Waals surface area (Å²) in [7, 11) is 0. The highest BCUT2D eigenvalue weighted by Crippen LogP contribution is 2.26. The molecular weight excluding hydrogens is 268 g/mol. The van der Waals surface area contributed by atoms with Crippen molar-refractivity contribution in [2.45, 2.75) is 38.8 Å². The van der Waals surface area contributed by atoms with Crippen molar-refractivity contribution >= 4 is 5.97 Å². The molecule has 0 aromatic carbocycles. The minimum atomic E-state index is -0.609. The normalized spacial score (nSPS) is 21.9.